The second-order valence-electron chi connectivity index (χ2n) is 6.86. The Morgan fingerprint density at radius 2 is 1.90 bits per heavy atom. The molecule has 1 N–H and O–H groups in total. The highest BCUT2D eigenvalue weighted by molar-refractivity contribution is 5.41. The fraction of sp³-hybridized carbons (Fsp3) is 0.750. The second-order valence-corrected chi connectivity index (χ2v) is 6.86. The summed E-state index contributed by atoms with van der Waals surface area (Å²) in [5, 5.41) is 9.88. The van der Waals surface area contributed by atoms with E-state index in [2.05, 4.69) is 44.6 Å². The van der Waals surface area contributed by atoms with Crippen LogP contribution in [0.3, 0.4) is 0 Å². The molecule has 0 aliphatic rings. The standard InChI is InChI=1S/C16H29N3O2/c1-11(2)15-17-13(16(3,4)5)8-14(18-15)19(6)9-12(20)10-21-7/h8,11-12,20H,9-10H2,1-7H3/t12-/m1/s1. The molecule has 0 aromatic carbocycles. The quantitative estimate of drug-likeness (QED) is 0.873. The van der Waals surface area contributed by atoms with Crippen LogP contribution < -0.4 is 4.90 Å². The number of likely N-dealkylation sites (N-methyl/N-ethyl adjacent to an activating group) is 1. The van der Waals surface area contributed by atoms with Crippen molar-refractivity contribution in [1.82, 2.24) is 9.97 Å². The second kappa shape index (κ2) is 7.18. The highest BCUT2D eigenvalue weighted by Gasteiger charge is 2.20. The number of nitrogens with zero attached hydrogens (tertiary/aromatic N) is 3. The highest BCUT2D eigenvalue weighted by Crippen LogP contribution is 2.25. The molecule has 1 atom stereocenters. The van der Waals surface area contributed by atoms with Gasteiger partial charge in [0.1, 0.15) is 11.6 Å². The average Bonchev–Trinajstić information content (AvgIpc) is 2.37. The summed E-state index contributed by atoms with van der Waals surface area (Å²) in [5.41, 5.74) is 0.983. The van der Waals surface area contributed by atoms with E-state index in [1.807, 2.05) is 18.0 Å². The van der Waals surface area contributed by atoms with Gasteiger partial charge in [-0.15, -0.1) is 0 Å². The van der Waals surface area contributed by atoms with Gasteiger partial charge in [-0.3, -0.25) is 0 Å². The summed E-state index contributed by atoms with van der Waals surface area (Å²) in [4.78, 5) is 11.3. The molecule has 0 amide bonds. The molecule has 1 rings (SSSR count). The van der Waals surface area contributed by atoms with Gasteiger partial charge in [0.15, 0.2) is 0 Å². The van der Waals surface area contributed by atoms with E-state index in [1.165, 1.54) is 0 Å². The number of anilines is 1. The molecule has 0 saturated carbocycles. The third-order valence-electron chi connectivity index (χ3n) is 3.25. The minimum absolute atomic E-state index is 0.0344. The van der Waals surface area contributed by atoms with Crippen LogP contribution >= 0.6 is 0 Å². The SMILES string of the molecule is COC[C@H](O)CN(C)c1cc(C(C)(C)C)nc(C(C)C)n1. The summed E-state index contributed by atoms with van der Waals surface area (Å²) in [6.07, 6.45) is -0.532. The molecule has 0 aliphatic heterocycles. The fourth-order valence-corrected chi connectivity index (χ4v) is 1.95. The van der Waals surface area contributed by atoms with Crippen LogP contribution in [0.5, 0.6) is 0 Å². The van der Waals surface area contributed by atoms with Crippen LogP contribution in [0.25, 0.3) is 0 Å². The molecule has 1 heterocycles. The van der Waals surface area contributed by atoms with Gasteiger partial charge in [-0.25, -0.2) is 9.97 Å². The van der Waals surface area contributed by atoms with Crippen LogP contribution in [0.1, 0.15) is 52.1 Å². The molecule has 0 radical (unpaired) electrons. The first-order valence-corrected chi connectivity index (χ1v) is 7.42. The number of hydrogen-bond donors (Lipinski definition) is 1. The molecule has 0 spiro atoms. The van der Waals surface area contributed by atoms with E-state index in [4.69, 9.17) is 4.74 Å². The Bertz CT molecular complexity index is 455. The molecule has 0 aliphatic carbocycles. The van der Waals surface area contributed by atoms with Crippen molar-refractivity contribution in [2.75, 3.05) is 32.2 Å². The zero-order valence-corrected chi connectivity index (χ0v) is 14.3. The Labute approximate surface area is 128 Å². The molecule has 21 heavy (non-hydrogen) atoms. The normalized spacial score (nSPS) is 13.6. The number of aromatic nitrogens is 2. The number of aliphatic hydroxyl groups is 1. The molecule has 0 bridgehead atoms. The molecule has 1 aromatic rings. The highest BCUT2D eigenvalue weighted by atomic mass is 16.5. The van der Waals surface area contributed by atoms with Crippen molar-refractivity contribution in [2.45, 2.75) is 52.1 Å². The van der Waals surface area contributed by atoms with Gasteiger partial charge in [0.05, 0.1) is 18.4 Å². The van der Waals surface area contributed by atoms with Crippen molar-refractivity contribution >= 4 is 5.82 Å². The van der Waals surface area contributed by atoms with Crippen molar-refractivity contribution in [2.24, 2.45) is 0 Å². The number of aliphatic hydroxyl groups excluding tert-OH is 1. The first-order valence-electron chi connectivity index (χ1n) is 7.42. The van der Waals surface area contributed by atoms with E-state index in [0.29, 0.717) is 13.2 Å². The molecule has 1 aromatic heterocycles. The maximum Gasteiger partial charge on any atom is 0.133 e. The third-order valence-corrected chi connectivity index (χ3v) is 3.25. The minimum Gasteiger partial charge on any atom is -0.389 e. The van der Waals surface area contributed by atoms with Crippen molar-refractivity contribution in [3.63, 3.8) is 0 Å². The molecular weight excluding hydrogens is 266 g/mol. The summed E-state index contributed by atoms with van der Waals surface area (Å²) in [6.45, 7) is 11.4. The lowest BCUT2D eigenvalue weighted by Gasteiger charge is -2.25. The number of ether oxygens (including phenoxy) is 1. The van der Waals surface area contributed by atoms with Crippen molar-refractivity contribution in [3.8, 4) is 0 Å². The molecular formula is C16H29N3O2. The van der Waals surface area contributed by atoms with Gasteiger partial charge in [0, 0.05) is 38.1 Å². The van der Waals surface area contributed by atoms with Gasteiger partial charge in [-0.1, -0.05) is 34.6 Å². The Morgan fingerprint density at radius 1 is 1.29 bits per heavy atom. The van der Waals surface area contributed by atoms with E-state index in [-0.39, 0.29) is 11.3 Å². The van der Waals surface area contributed by atoms with Gasteiger partial charge >= 0.3 is 0 Å². The summed E-state index contributed by atoms with van der Waals surface area (Å²) in [5.74, 6) is 1.95. The zero-order chi connectivity index (χ0) is 16.2. The van der Waals surface area contributed by atoms with Gasteiger partial charge < -0.3 is 14.7 Å². The monoisotopic (exact) mass is 295 g/mol. The van der Waals surface area contributed by atoms with Crippen molar-refractivity contribution in [3.05, 3.63) is 17.6 Å². The average molecular weight is 295 g/mol. The Morgan fingerprint density at radius 3 is 2.38 bits per heavy atom. The lowest BCUT2D eigenvalue weighted by Crippen LogP contribution is -2.33. The van der Waals surface area contributed by atoms with Crippen LogP contribution in [0.15, 0.2) is 6.07 Å². The van der Waals surface area contributed by atoms with Gasteiger partial charge in [-0.2, -0.15) is 0 Å². The minimum atomic E-state index is -0.532. The van der Waals surface area contributed by atoms with E-state index in [1.54, 1.807) is 7.11 Å². The molecule has 5 nitrogen and oxygen atoms in total. The first kappa shape index (κ1) is 17.9. The predicted molar refractivity (Wildman–Crippen MR) is 86.0 cm³/mol. The molecule has 0 fully saturated rings. The number of hydrogen-bond acceptors (Lipinski definition) is 5. The molecule has 0 unspecified atom stereocenters. The summed E-state index contributed by atoms with van der Waals surface area (Å²) in [6, 6.07) is 2.01. The van der Waals surface area contributed by atoms with Crippen LogP contribution in [0.4, 0.5) is 5.82 Å². The summed E-state index contributed by atoms with van der Waals surface area (Å²) in [7, 11) is 3.51. The van der Waals surface area contributed by atoms with E-state index < -0.39 is 6.10 Å². The number of rotatable bonds is 6. The third kappa shape index (κ3) is 5.25. The summed E-state index contributed by atoms with van der Waals surface area (Å²) < 4.78 is 4.97. The summed E-state index contributed by atoms with van der Waals surface area (Å²) >= 11 is 0. The van der Waals surface area contributed by atoms with Crippen molar-refractivity contribution in [1.29, 1.82) is 0 Å². The van der Waals surface area contributed by atoms with E-state index in [9.17, 15) is 5.11 Å². The van der Waals surface area contributed by atoms with Crippen LogP contribution in [-0.4, -0.2) is 48.5 Å². The molecule has 5 heteroatoms. The lowest BCUT2D eigenvalue weighted by atomic mass is 9.91. The smallest absolute Gasteiger partial charge is 0.133 e. The molecule has 0 saturated heterocycles. The van der Waals surface area contributed by atoms with E-state index >= 15 is 0 Å². The predicted octanol–water partition coefficient (Wildman–Crippen LogP) is 2.34. The fourth-order valence-electron chi connectivity index (χ4n) is 1.95. The van der Waals surface area contributed by atoms with Crippen LogP contribution in [-0.2, 0) is 10.2 Å². The van der Waals surface area contributed by atoms with E-state index in [0.717, 1.165) is 17.3 Å². The first-order chi connectivity index (χ1) is 9.65. The topological polar surface area (TPSA) is 58.5 Å². The van der Waals surface area contributed by atoms with Gasteiger partial charge in [0.2, 0.25) is 0 Å². The Balaban J connectivity index is 3.08. The number of methoxy groups -OCH3 is 1. The largest absolute Gasteiger partial charge is 0.389 e. The van der Waals surface area contributed by atoms with Gasteiger partial charge in [0.25, 0.3) is 0 Å². The van der Waals surface area contributed by atoms with Crippen molar-refractivity contribution < 1.29 is 9.84 Å². The maximum absolute atomic E-state index is 9.88. The van der Waals surface area contributed by atoms with Gasteiger partial charge in [-0.05, 0) is 0 Å². The molecule has 120 valence electrons. The van der Waals surface area contributed by atoms with Crippen LogP contribution in [0.2, 0.25) is 0 Å². The Hall–Kier alpha value is -1.20. The van der Waals surface area contributed by atoms with Crippen LogP contribution in [0, 0.1) is 0 Å². The lowest BCUT2D eigenvalue weighted by molar-refractivity contribution is 0.0694. The maximum atomic E-state index is 9.88. The zero-order valence-electron chi connectivity index (χ0n) is 14.3. The Kier molecular flexibility index (Phi) is 6.10.